The molecule has 154 valence electrons. The first-order valence-electron chi connectivity index (χ1n) is 9.36. The zero-order valence-electron chi connectivity index (χ0n) is 16.5. The maximum absolute atomic E-state index is 13.8. The van der Waals surface area contributed by atoms with E-state index in [1.54, 1.807) is 30.3 Å². The molecule has 0 fully saturated rings. The van der Waals surface area contributed by atoms with E-state index >= 15 is 0 Å². The molecule has 0 saturated heterocycles. The summed E-state index contributed by atoms with van der Waals surface area (Å²) in [6, 6.07) is 8.60. The lowest BCUT2D eigenvalue weighted by Gasteiger charge is -2.37. The molecule has 0 aromatic heterocycles. The summed E-state index contributed by atoms with van der Waals surface area (Å²) in [7, 11) is 0. The van der Waals surface area contributed by atoms with Gasteiger partial charge in [0.15, 0.2) is 0 Å². The van der Waals surface area contributed by atoms with Gasteiger partial charge >= 0.3 is 12.3 Å². The van der Waals surface area contributed by atoms with E-state index in [9.17, 15) is 22.8 Å². The van der Waals surface area contributed by atoms with Crippen LogP contribution in [0.25, 0.3) is 0 Å². The molecule has 4 nitrogen and oxygen atoms in total. The van der Waals surface area contributed by atoms with Crippen molar-refractivity contribution in [2.24, 2.45) is 5.92 Å². The van der Waals surface area contributed by atoms with Crippen LogP contribution in [0.4, 0.5) is 18.0 Å². The Morgan fingerprint density at radius 3 is 2.25 bits per heavy atom. The Labute approximate surface area is 163 Å². The summed E-state index contributed by atoms with van der Waals surface area (Å²) in [6.07, 6.45) is -3.34. The minimum absolute atomic E-state index is 0.172. The van der Waals surface area contributed by atoms with Crippen molar-refractivity contribution in [3.8, 4) is 0 Å². The van der Waals surface area contributed by atoms with Crippen LogP contribution in [0, 0.1) is 5.92 Å². The molecule has 2 rings (SSSR count). The molecular weight excluding hydrogens is 371 g/mol. The summed E-state index contributed by atoms with van der Waals surface area (Å²) >= 11 is 0. The normalized spacial score (nSPS) is 20.8. The molecule has 28 heavy (non-hydrogen) atoms. The number of nitrogens with zero attached hydrogens (tertiary/aromatic N) is 1. The van der Waals surface area contributed by atoms with E-state index in [0.29, 0.717) is 18.4 Å². The van der Waals surface area contributed by atoms with Gasteiger partial charge in [-0.1, -0.05) is 50.1 Å². The first kappa shape index (κ1) is 22.0. The van der Waals surface area contributed by atoms with E-state index in [1.165, 1.54) is 20.8 Å². The molecule has 0 radical (unpaired) electrons. The highest BCUT2D eigenvalue weighted by atomic mass is 19.4. The zero-order valence-corrected chi connectivity index (χ0v) is 16.5. The van der Waals surface area contributed by atoms with E-state index < -0.39 is 41.3 Å². The maximum atomic E-state index is 13.8. The Kier molecular flexibility index (Phi) is 6.57. The average Bonchev–Trinajstić information content (AvgIpc) is 2.58. The van der Waals surface area contributed by atoms with Crippen molar-refractivity contribution in [3.05, 3.63) is 47.7 Å². The molecule has 0 N–H and O–H groups in total. The number of hydrogen-bond donors (Lipinski definition) is 0. The minimum atomic E-state index is -4.87. The monoisotopic (exact) mass is 397 g/mol. The van der Waals surface area contributed by atoms with Gasteiger partial charge in [0.25, 0.3) is 0 Å². The van der Waals surface area contributed by atoms with Gasteiger partial charge in [0.2, 0.25) is 5.91 Å². The number of carbonyl (C=O) groups is 2. The first-order valence-corrected chi connectivity index (χ1v) is 9.36. The van der Waals surface area contributed by atoms with Gasteiger partial charge in [-0.15, -0.1) is 0 Å². The summed E-state index contributed by atoms with van der Waals surface area (Å²) in [4.78, 5) is 25.7. The SMILES string of the molecule is CCCC[C@@H]1C(=O)N(C(=O)OC(C)(C)C)C(C(F)(F)F)=C[C@@H]1c1ccccc1. The topological polar surface area (TPSA) is 46.6 Å². The lowest BCUT2D eigenvalue weighted by atomic mass is 9.79. The Morgan fingerprint density at radius 1 is 1.14 bits per heavy atom. The molecule has 7 heteroatoms. The van der Waals surface area contributed by atoms with Crippen molar-refractivity contribution in [2.45, 2.75) is 64.7 Å². The number of ether oxygens (including phenoxy) is 1. The summed E-state index contributed by atoms with van der Waals surface area (Å²) in [6.45, 7) is 6.56. The number of hydrogen-bond acceptors (Lipinski definition) is 3. The van der Waals surface area contributed by atoms with Crippen LogP contribution in [-0.4, -0.2) is 28.7 Å². The van der Waals surface area contributed by atoms with Crippen molar-refractivity contribution < 1.29 is 27.5 Å². The smallest absolute Gasteiger partial charge is 0.431 e. The number of amides is 2. The van der Waals surface area contributed by atoms with Gasteiger partial charge in [-0.25, -0.2) is 9.69 Å². The molecule has 0 spiro atoms. The Morgan fingerprint density at radius 2 is 1.75 bits per heavy atom. The second-order valence-electron chi connectivity index (χ2n) is 7.89. The van der Waals surface area contributed by atoms with Crippen molar-refractivity contribution in [3.63, 3.8) is 0 Å². The number of halogens is 3. The molecule has 1 aliphatic rings. The first-order chi connectivity index (χ1) is 13.0. The molecule has 1 aromatic carbocycles. The second-order valence-corrected chi connectivity index (χ2v) is 7.89. The second kappa shape index (κ2) is 8.37. The van der Waals surface area contributed by atoms with Gasteiger partial charge in [0.1, 0.15) is 11.3 Å². The number of imide groups is 1. The molecule has 0 saturated carbocycles. The van der Waals surface area contributed by atoms with Gasteiger partial charge < -0.3 is 4.74 Å². The van der Waals surface area contributed by atoms with Crippen LogP contribution in [0.2, 0.25) is 0 Å². The summed E-state index contributed by atoms with van der Waals surface area (Å²) in [5, 5.41) is 0. The van der Waals surface area contributed by atoms with E-state index in [1.807, 2.05) is 6.92 Å². The maximum Gasteiger partial charge on any atom is 0.431 e. The van der Waals surface area contributed by atoms with Crippen LogP contribution in [0.3, 0.4) is 0 Å². The van der Waals surface area contributed by atoms with Gasteiger partial charge in [0.05, 0.1) is 0 Å². The van der Waals surface area contributed by atoms with Crippen molar-refractivity contribution in [1.29, 1.82) is 0 Å². The molecule has 2 amide bonds. The van der Waals surface area contributed by atoms with Gasteiger partial charge in [-0.3, -0.25) is 4.79 Å². The van der Waals surface area contributed by atoms with E-state index in [2.05, 4.69) is 0 Å². The lowest BCUT2D eigenvalue weighted by Crippen LogP contribution is -2.50. The fraction of sp³-hybridized carbons (Fsp3) is 0.524. The van der Waals surface area contributed by atoms with Gasteiger partial charge in [0, 0.05) is 11.8 Å². The third-order valence-corrected chi connectivity index (χ3v) is 4.47. The minimum Gasteiger partial charge on any atom is -0.443 e. The number of rotatable bonds is 4. The Hall–Kier alpha value is -2.31. The fourth-order valence-corrected chi connectivity index (χ4v) is 3.25. The Balaban J connectivity index is 2.56. The highest BCUT2D eigenvalue weighted by Gasteiger charge is 2.50. The van der Waals surface area contributed by atoms with Crippen molar-refractivity contribution in [2.75, 3.05) is 0 Å². The van der Waals surface area contributed by atoms with Crippen LogP contribution in [-0.2, 0) is 9.53 Å². The number of carbonyl (C=O) groups excluding carboxylic acids is 2. The van der Waals surface area contributed by atoms with Crippen LogP contribution < -0.4 is 0 Å². The summed E-state index contributed by atoms with van der Waals surface area (Å²) in [5.41, 5.74) is -1.70. The van der Waals surface area contributed by atoms with Crippen LogP contribution in [0.5, 0.6) is 0 Å². The lowest BCUT2D eigenvalue weighted by molar-refractivity contribution is -0.147. The number of allylic oxidation sites excluding steroid dienone is 2. The van der Waals surface area contributed by atoms with Crippen molar-refractivity contribution >= 4 is 12.0 Å². The molecule has 1 aliphatic heterocycles. The van der Waals surface area contributed by atoms with Crippen LogP contribution in [0.1, 0.15) is 58.4 Å². The zero-order chi connectivity index (χ0) is 21.1. The number of alkyl halides is 3. The molecular formula is C21H26F3NO3. The highest BCUT2D eigenvalue weighted by molar-refractivity contribution is 5.97. The molecule has 0 unspecified atom stereocenters. The molecule has 0 aliphatic carbocycles. The quantitative estimate of drug-likeness (QED) is 0.645. The Bertz CT molecular complexity index is 736. The van der Waals surface area contributed by atoms with Crippen LogP contribution in [0.15, 0.2) is 42.1 Å². The molecule has 1 heterocycles. The molecule has 0 bridgehead atoms. The predicted molar refractivity (Wildman–Crippen MR) is 99.4 cm³/mol. The summed E-state index contributed by atoms with van der Waals surface area (Å²) < 4.78 is 46.4. The van der Waals surface area contributed by atoms with E-state index in [0.717, 1.165) is 12.5 Å². The standard InChI is InChI=1S/C21H26F3NO3/c1-5-6-12-15-16(14-10-8-7-9-11-14)13-17(21(22,23)24)25(18(15)26)19(27)28-20(2,3)4/h7-11,13,15-16H,5-6,12H2,1-4H3/t15-,16+/m0/s1. The van der Waals surface area contributed by atoms with Crippen LogP contribution >= 0.6 is 0 Å². The third kappa shape index (κ3) is 5.14. The fourth-order valence-electron chi connectivity index (χ4n) is 3.25. The summed E-state index contributed by atoms with van der Waals surface area (Å²) in [5.74, 6) is -2.39. The third-order valence-electron chi connectivity index (χ3n) is 4.47. The van der Waals surface area contributed by atoms with Gasteiger partial charge in [-0.05, 0) is 38.8 Å². The predicted octanol–water partition coefficient (Wildman–Crippen LogP) is 5.80. The van der Waals surface area contributed by atoms with E-state index in [-0.39, 0.29) is 4.90 Å². The number of unbranched alkanes of at least 4 members (excludes halogenated alkanes) is 1. The number of benzene rings is 1. The van der Waals surface area contributed by atoms with E-state index in [4.69, 9.17) is 4.74 Å². The molecule has 1 aromatic rings. The molecule has 2 atom stereocenters. The van der Waals surface area contributed by atoms with Gasteiger partial charge in [-0.2, -0.15) is 13.2 Å². The van der Waals surface area contributed by atoms with Crippen molar-refractivity contribution in [1.82, 2.24) is 4.90 Å². The largest absolute Gasteiger partial charge is 0.443 e. The average molecular weight is 397 g/mol. The highest BCUT2D eigenvalue weighted by Crippen LogP contribution is 2.42.